The molecule has 1 aliphatic heterocycles. The van der Waals surface area contributed by atoms with E-state index in [4.69, 9.17) is 4.74 Å². The van der Waals surface area contributed by atoms with Crippen LogP contribution in [0.15, 0.2) is 60.7 Å². The number of rotatable bonds is 8. The Morgan fingerprint density at radius 2 is 1.66 bits per heavy atom. The highest BCUT2D eigenvalue weighted by Gasteiger charge is 2.32. The monoisotopic (exact) mass is 473 g/mol. The Bertz CT molecular complexity index is 1210. The van der Waals surface area contributed by atoms with E-state index < -0.39 is 6.04 Å². The zero-order valence-corrected chi connectivity index (χ0v) is 21.0. The van der Waals surface area contributed by atoms with Crippen molar-refractivity contribution in [2.24, 2.45) is 0 Å². The fourth-order valence-electron chi connectivity index (χ4n) is 4.55. The topological polar surface area (TPSA) is 70.7 Å². The highest BCUT2D eigenvalue weighted by atomic mass is 16.5. The standard InChI is InChI=1S/C29H35N3O3/c1-19(2)35-18-23-14-13-22(24-10-6-7-11-25(23)24)17-32-27-12-8-5-9-21(27)15-16-26(29(32)34)31-28(33)20(3)30-4/h5-14,19-20,26,30H,15-18H2,1-4H3,(H,31,33). The minimum atomic E-state index is -0.573. The summed E-state index contributed by atoms with van der Waals surface area (Å²) in [6.45, 7) is 6.83. The predicted molar refractivity (Wildman–Crippen MR) is 140 cm³/mol. The molecule has 0 saturated heterocycles. The van der Waals surface area contributed by atoms with Gasteiger partial charge in [0.15, 0.2) is 0 Å². The van der Waals surface area contributed by atoms with E-state index in [0.29, 0.717) is 19.6 Å². The van der Waals surface area contributed by atoms with E-state index in [1.165, 1.54) is 0 Å². The first kappa shape index (κ1) is 24.9. The molecule has 35 heavy (non-hydrogen) atoms. The fourth-order valence-corrected chi connectivity index (χ4v) is 4.55. The number of fused-ring (bicyclic) bond motifs is 2. The molecule has 184 valence electrons. The van der Waals surface area contributed by atoms with Crippen LogP contribution in [0.25, 0.3) is 10.8 Å². The Morgan fingerprint density at radius 1 is 1.00 bits per heavy atom. The third kappa shape index (κ3) is 5.55. The van der Waals surface area contributed by atoms with Crippen LogP contribution in [0.5, 0.6) is 0 Å². The summed E-state index contributed by atoms with van der Waals surface area (Å²) in [7, 11) is 1.74. The van der Waals surface area contributed by atoms with E-state index in [9.17, 15) is 9.59 Å². The van der Waals surface area contributed by atoms with Gasteiger partial charge in [-0.3, -0.25) is 9.59 Å². The van der Waals surface area contributed by atoms with E-state index in [0.717, 1.165) is 39.6 Å². The number of nitrogens with zero attached hydrogens (tertiary/aromatic N) is 1. The lowest BCUT2D eigenvalue weighted by Crippen LogP contribution is -2.52. The maximum absolute atomic E-state index is 13.8. The lowest BCUT2D eigenvalue weighted by Gasteiger charge is -2.27. The van der Waals surface area contributed by atoms with E-state index in [-0.39, 0.29) is 24.0 Å². The van der Waals surface area contributed by atoms with Crippen LogP contribution >= 0.6 is 0 Å². The van der Waals surface area contributed by atoms with Gasteiger partial charge in [-0.1, -0.05) is 54.6 Å². The SMILES string of the molecule is CNC(C)C(=O)NC1CCc2ccccc2N(Cc2ccc(COC(C)C)c3ccccc23)C1=O. The second kappa shape index (κ2) is 11.0. The molecular formula is C29H35N3O3. The van der Waals surface area contributed by atoms with Gasteiger partial charge in [0.2, 0.25) is 11.8 Å². The fraction of sp³-hybridized carbons (Fsp3) is 0.379. The summed E-state index contributed by atoms with van der Waals surface area (Å²) in [5.74, 6) is -0.250. The molecule has 2 atom stereocenters. The lowest BCUT2D eigenvalue weighted by molar-refractivity contribution is -0.128. The molecule has 6 nitrogen and oxygen atoms in total. The van der Waals surface area contributed by atoms with Gasteiger partial charge in [-0.25, -0.2) is 0 Å². The summed E-state index contributed by atoms with van der Waals surface area (Å²) < 4.78 is 5.88. The van der Waals surface area contributed by atoms with Crippen molar-refractivity contribution < 1.29 is 14.3 Å². The van der Waals surface area contributed by atoms with Crippen LogP contribution in [0.4, 0.5) is 5.69 Å². The quantitative estimate of drug-likeness (QED) is 0.511. The molecule has 1 aliphatic rings. The van der Waals surface area contributed by atoms with Crippen molar-refractivity contribution in [3.63, 3.8) is 0 Å². The number of hydrogen-bond acceptors (Lipinski definition) is 4. The van der Waals surface area contributed by atoms with Crippen LogP contribution in [0.2, 0.25) is 0 Å². The van der Waals surface area contributed by atoms with Crippen LogP contribution in [-0.2, 0) is 33.9 Å². The summed E-state index contributed by atoms with van der Waals surface area (Å²) in [4.78, 5) is 28.3. The number of carbonyl (C=O) groups is 2. The van der Waals surface area contributed by atoms with Gasteiger partial charge in [0.05, 0.1) is 25.3 Å². The van der Waals surface area contributed by atoms with Crippen LogP contribution in [0.1, 0.15) is 43.9 Å². The molecule has 3 aromatic carbocycles. The number of para-hydroxylation sites is 1. The Labute approximate surface area is 207 Å². The molecule has 2 unspecified atom stereocenters. The number of amides is 2. The Balaban J connectivity index is 1.70. The number of benzene rings is 3. The number of ether oxygens (including phenoxy) is 1. The Hall–Kier alpha value is -3.22. The van der Waals surface area contributed by atoms with E-state index in [1.807, 2.05) is 49.1 Å². The van der Waals surface area contributed by atoms with Gasteiger partial charge in [-0.05, 0) is 74.2 Å². The molecule has 6 heteroatoms. The summed E-state index contributed by atoms with van der Waals surface area (Å²) in [6.07, 6.45) is 1.45. The van der Waals surface area contributed by atoms with Crippen molar-refractivity contribution in [1.82, 2.24) is 10.6 Å². The van der Waals surface area contributed by atoms with Crippen LogP contribution in [-0.4, -0.2) is 37.0 Å². The van der Waals surface area contributed by atoms with Crippen molar-refractivity contribution in [2.45, 2.75) is 65.0 Å². The minimum absolute atomic E-state index is 0.0806. The van der Waals surface area contributed by atoms with Gasteiger partial charge >= 0.3 is 0 Å². The smallest absolute Gasteiger partial charge is 0.249 e. The minimum Gasteiger partial charge on any atom is -0.374 e. The number of carbonyl (C=O) groups excluding carboxylic acids is 2. The summed E-state index contributed by atoms with van der Waals surface area (Å²) in [5, 5.41) is 8.16. The summed E-state index contributed by atoms with van der Waals surface area (Å²) >= 11 is 0. The zero-order chi connectivity index (χ0) is 24.9. The van der Waals surface area contributed by atoms with Crippen molar-refractivity contribution >= 4 is 28.3 Å². The number of likely N-dealkylation sites (N-methyl/N-ethyl adjacent to an activating group) is 1. The molecule has 1 heterocycles. The third-order valence-electron chi connectivity index (χ3n) is 6.70. The summed E-state index contributed by atoms with van der Waals surface area (Å²) in [6, 6.07) is 19.6. The Kier molecular flexibility index (Phi) is 7.83. The number of anilines is 1. The largest absolute Gasteiger partial charge is 0.374 e. The molecule has 0 spiro atoms. The maximum Gasteiger partial charge on any atom is 0.249 e. The maximum atomic E-state index is 13.8. The van der Waals surface area contributed by atoms with Crippen LogP contribution < -0.4 is 15.5 Å². The predicted octanol–water partition coefficient (Wildman–Crippen LogP) is 4.34. The highest BCUT2D eigenvalue weighted by molar-refractivity contribution is 6.01. The second-order valence-corrected chi connectivity index (χ2v) is 9.45. The molecule has 4 rings (SSSR count). The number of nitrogens with one attached hydrogen (secondary N) is 2. The van der Waals surface area contributed by atoms with Gasteiger partial charge in [0, 0.05) is 5.69 Å². The van der Waals surface area contributed by atoms with Crippen LogP contribution in [0, 0.1) is 0 Å². The molecule has 0 saturated carbocycles. The molecule has 0 fully saturated rings. The molecule has 3 aromatic rings. The lowest BCUT2D eigenvalue weighted by atomic mass is 9.99. The normalized spacial score (nSPS) is 16.8. The zero-order valence-electron chi connectivity index (χ0n) is 21.0. The van der Waals surface area contributed by atoms with Crippen LogP contribution in [0.3, 0.4) is 0 Å². The van der Waals surface area contributed by atoms with Crippen molar-refractivity contribution in [3.8, 4) is 0 Å². The van der Waals surface area contributed by atoms with Gasteiger partial charge in [0.25, 0.3) is 0 Å². The summed E-state index contributed by atoms with van der Waals surface area (Å²) in [5.41, 5.74) is 4.22. The number of hydrogen-bond donors (Lipinski definition) is 2. The number of aryl methyl sites for hydroxylation is 1. The highest BCUT2D eigenvalue weighted by Crippen LogP contribution is 2.31. The molecule has 0 aliphatic carbocycles. The van der Waals surface area contributed by atoms with Crippen molar-refractivity contribution in [2.75, 3.05) is 11.9 Å². The average Bonchev–Trinajstić information content (AvgIpc) is 2.99. The second-order valence-electron chi connectivity index (χ2n) is 9.45. The first-order chi connectivity index (χ1) is 16.9. The molecule has 0 radical (unpaired) electrons. The van der Waals surface area contributed by atoms with Gasteiger partial charge < -0.3 is 20.3 Å². The van der Waals surface area contributed by atoms with E-state index >= 15 is 0 Å². The van der Waals surface area contributed by atoms with Gasteiger partial charge in [-0.15, -0.1) is 0 Å². The molecule has 0 aromatic heterocycles. The van der Waals surface area contributed by atoms with Gasteiger partial charge in [-0.2, -0.15) is 0 Å². The first-order valence-electron chi connectivity index (χ1n) is 12.4. The van der Waals surface area contributed by atoms with Crippen molar-refractivity contribution in [3.05, 3.63) is 77.4 Å². The van der Waals surface area contributed by atoms with E-state index in [2.05, 4.69) is 41.0 Å². The molecule has 2 N–H and O–H groups in total. The Morgan fingerprint density at radius 3 is 2.37 bits per heavy atom. The van der Waals surface area contributed by atoms with E-state index in [1.54, 1.807) is 14.0 Å². The van der Waals surface area contributed by atoms with Crippen molar-refractivity contribution in [1.29, 1.82) is 0 Å². The molecule has 2 amide bonds. The molecule has 0 bridgehead atoms. The third-order valence-corrected chi connectivity index (χ3v) is 6.70. The average molecular weight is 474 g/mol. The van der Waals surface area contributed by atoms with Gasteiger partial charge in [0.1, 0.15) is 6.04 Å². The molecular weight excluding hydrogens is 438 g/mol. The first-order valence-corrected chi connectivity index (χ1v) is 12.4.